The van der Waals surface area contributed by atoms with Crippen LogP contribution in [0.3, 0.4) is 0 Å². The first kappa shape index (κ1) is 19.5. The lowest BCUT2D eigenvalue weighted by atomic mass is 10.1. The average molecular weight is 336 g/mol. The van der Waals surface area contributed by atoms with E-state index >= 15 is 0 Å². The molecule has 0 bridgehead atoms. The number of carboxylic acids is 1. The Labute approximate surface area is 134 Å². The van der Waals surface area contributed by atoms with Crippen LogP contribution in [0.1, 0.15) is 32.8 Å². The number of ether oxygens (including phenoxy) is 1. The highest BCUT2D eigenvalue weighted by Crippen LogP contribution is 2.21. The molecule has 1 rings (SSSR count). The molecule has 118 valence electrons. The number of benzene rings is 1. The fourth-order valence-electron chi connectivity index (χ4n) is 1.27. The van der Waals surface area contributed by atoms with Crippen molar-refractivity contribution in [2.75, 3.05) is 0 Å². The summed E-state index contributed by atoms with van der Waals surface area (Å²) in [7, 11) is 0. The van der Waals surface area contributed by atoms with Gasteiger partial charge in [0.05, 0.1) is 0 Å². The van der Waals surface area contributed by atoms with E-state index in [0.717, 1.165) is 5.56 Å². The summed E-state index contributed by atoms with van der Waals surface area (Å²) in [5.74, 6) is -0.828. The number of aliphatic carboxylic acids is 1. The SMILES string of the molecule is CC(C)(C)OC(N)=O.O=C(O)CCc1ccc(Cl)cc1Cl. The Morgan fingerprint density at radius 1 is 1.29 bits per heavy atom. The first-order valence-corrected chi connectivity index (χ1v) is 6.91. The van der Waals surface area contributed by atoms with Crippen molar-refractivity contribution < 1.29 is 19.4 Å². The molecule has 1 aromatic carbocycles. The molecule has 0 aliphatic heterocycles. The molecule has 0 unspecified atom stereocenters. The molecule has 0 aromatic heterocycles. The third kappa shape index (κ3) is 10.9. The Balaban J connectivity index is 0.000000433. The standard InChI is InChI=1S/C9H8Cl2O2.C5H11NO2/c10-7-3-1-6(8(11)5-7)2-4-9(12)13;1-5(2,3)8-4(6)7/h1,3,5H,2,4H2,(H,12,13);1-3H3,(H2,6,7). The first-order chi connectivity index (χ1) is 9.51. The van der Waals surface area contributed by atoms with E-state index in [-0.39, 0.29) is 6.42 Å². The topological polar surface area (TPSA) is 89.6 Å². The second kappa shape index (κ2) is 8.74. The monoisotopic (exact) mass is 335 g/mol. The maximum Gasteiger partial charge on any atom is 0.405 e. The fraction of sp³-hybridized carbons (Fsp3) is 0.429. The highest BCUT2D eigenvalue weighted by Gasteiger charge is 2.12. The van der Waals surface area contributed by atoms with Crippen molar-refractivity contribution in [2.45, 2.75) is 39.2 Å². The van der Waals surface area contributed by atoms with E-state index in [2.05, 4.69) is 4.74 Å². The minimum atomic E-state index is -0.828. The maximum atomic E-state index is 10.3. The van der Waals surface area contributed by atoms with Crippen molar-refractivity contribution in [3.05, 3.63) is 33.8 Å². The number of hydrogen-bond donors (Lipinski definition) is 2. The first-order valence-electron chi connectivity index (χ1n) is 6.15. The van der Waals surface area contributed by atoms with Crippen molar-refractivity contribution in [1.29, 1.82) is 0 Å². The number of carbonyl (C=O) groups is 2. The van der Waals surface area contributed by atoms with Gasteiger partial charge in [-0.25, -0.2) is 4.79 Å². The molecule has 0 spiro atoms. The van der Waals surface area contributed by atoms with E-state index in [1.807, 2.05) is 0 Å². The van der Waals surface area contributed by atoms with Gasteiger partial charge in [0, 0.05) is 16.5 Å². The second-order valence-electron chi connectivity index (χ2n) is 5.16. The third-order valence-corrected chi connectivity index (χ3v) is 2.62. The highest BCUT2D eigenvalue weighted by molar-refractivity contribution is 6.35. The predicted octanol–water partition coefficient (Wildman–Crippen LogP) is 3.89. The number of primary amides is 1. The normalized spacial score (nSPS) is 10.3. The quantitative estimate of drug-likeness (QED) is 0.876. The van der Waals surface area contributed by atoms with E-state index < -0.39 is 17.7 Å². The minimum Gasteiger partial charge on any atom is -0.481 e. The van der Waals surface area contributed by atoms with Gasteiger partial charge in [-0.2, -0.15) is 0 Å². The molecule has 0 radical (unpaired) electrons. The Bertz CT molecular complexity index is 498. The Kier molecular flexibility index (Phi) is 8.14. The zero-order chi connectivity index (χ0) is 16.6. The lowest BCUT2D eigenvalue weighted by molar-refractivity contribution is -0.136. The Morgan fingerprint density at radius 3 is 2.19 bits per heavy atom. The van der Waals surface area contributed by atoms with Gasteiger partial charge in [0.1, 0.15) is 5.60 Å². The molecule has 0 aliphatic rings. The molecule has 1 aromatic rings. The van der Waals surface area contributed by atoms with Crippen molar-refractivity contribution in [2.24, 2.45) is 5.73 Å². The van der Waals surface area contributed by atoms with Gasteiger partial charge in [-0.05, 0) is 44.9 Å². The van der Waals surface area contributed by atoms with Crippen molar-refractivity contribution in [3.8, 4) is 0 Å². The van der Waals surface area contributed by atoms with Crippen LogP contribution in [0.25, 0.3) is 0 Å². The minimum absolute atomic E-state index is 0.0847. The number of hydrogen-bond acceptors (Lipinski definition) is 3. The number of nitrogens with two attached hydrogens (primary N) is 1. The summed E-state index contributed by atoms with van der Waals surface area (Å²) in [5.41, 5.74) is 5.08. The molecule has 0 aliphatic carbocycles. The van der Waals surface area contributed by atoms with E-state index in [0.29, 0.717) is 16.5 Å². The van der Waals surface area contributed by atoms with Crippen LogP contribution in [0.5, 0.6) is 0 Å². The molecule has 21 heavy (non-hydrogen) atoms. The van der Waals surface area contributed by atoms with Crippen LogP contribution in [-0.2, 0) is 16.0 Å². The molecule has 0 fully saturated rings. The average Bonchev–Trinajstić information content (AvgIpc) is 2.24. The van der Waals surface area contributed by atoms with Gasteiger partial charge < -0.3 is 15.6 Å². The van der Waals surface area contributed by atoms with E-state index in [4.69, 9.17) is 34.0 Å². The van der Waals surface area contributed by atoms with Crippen LogP contribution in [0, 0.1) is 0 Å². The van der Waals surface area contributed by atoms with Crippen LogP contribution in [0.4, 0.5) is 4.79 Å². The zero-order valence-electron chi connectivity index (χ0n) is 12.2. The number of amides is 1. The molecule has 3 N–H and O–H groups in total. The smallest absolute Gasteiger partial charge is 0.405 e. The summed E-state index contributed by atoms with van der Waals surface area (Å²) in [6.45, 7) is 5.28. The van der Waals surface area contributed by atoms with E-state index in [1.54, 1.807) is 39.0 Å². The van der Waals surface area contributed by atoms with Crippen LogP contribution in [0.2, 0.25) is 10.0 Å². The van der Waals surface area contributed by atoms with Gasteiger partial charge in [-0.15, -0.1) is 0 Å². The molecule has 0 atom stereocenters. The van der Waals surface area contributed by atoms with Crippen molar-refractivity contribution in [3.63, 3.8) is 0 Å². The number of halogens is 2. The predicted molar refractivity (Wildman–Crippen MR) is 82.8 cm³/mol. The van der Waals surface area contributed by atoms with Crippen LogP contribution in [-0.4, -0.2) is 22.8 Å². The second-order valence-corrected chi connectivity index (χ2v) is 6.01. The van der Waals surface area contributed by atoms with Crippen LogP contribution in [0.15, 0.2) is 18.2 Å². The molecule has 5 nitrogen and oxygen atoms in total. The number of aryl methyl sites for hydroxylation is 1. The van der Waals surface area contributed by atoms with Gasteiger partial charge in [-0.3, -0.25) is 4.79 Å². The number of carbonyl (C=O) groups excluding carboxylic acids is 1. The van der Waals surface area contributed by atoms with Gasteiger partial charge in [0.15, 0.2) is 0 Å². The molecule has 0 heterocycles. The van der Waals surface area contributed by atoms with E-state index in [9.17, 15) is 9.59 Å². The van der Waals surface area contributed by atoms with Gasteiger partial charge in [0.2, 0.25) is 0 Å². The van der Waals surface area contributed by atoms with Crippen LogP contribution >= 0.6 is 23.2 Å². The molecule has 0 saturated carbocycles. The summed E-state index contributed by atoms with van der Waals surface area (Å²) in [4.78, 5) is 20.3. The molecular weight excluding hydrogens is 317 g/mol. The van der Waals surface area contributed by atoms with Gasteiger partial charge >= 0.3 is 12.1 Å². The summed E-state index contributed by atoms with van der Waals surface area (Å²) in [6, 6.07) is 5.05. The summed E-state index contributed by atoms with van der Waals surface area (Å²) < 4.78 is 4.58. The lowest BCUT2D eigenvalue weighted by Crippen LogP contribution is -2.27. The molecular formula is C14H19Cl2NO4. The third-order valence-electron chi connectivity index (χ3n) is 2.03. The van der Waals surface area contributed by atoms with Crippen molar-refractivity contribution >= 4 is 35.3 Å². The van der Waals surface area contributed by atoms with Gasteiger partial charge in [0.25, 0.3) is 0 Å². The van der Waals surface area contributed by atoms with Crippen molar-refractivity contribution in [1.82, 2.24) is 0 Å². The van der Waals surface area contributed by atoms with Crippen LogP contribution < -0.4 is 5.73 Å². The number of carboxylic acid groups (broad SMARTS) is 1. The Morgan fingerprint density at radius 2 is 1.86 bits per heavy atom. The maximum absolute atomic E-state index is 10.3. The fourth-order valence-corrected chi connectivity index (χ4v) is 1.77. The lowest BCUT2D eigenvalue weighted by Gasteiger charge is -2.16. The van der Waals surface area contributed by atoms with Gasteiger partial charge in [-0.1, -0.05) is 29.3 Å². The number of rotatable bonds is 3. The highest BCUT2D eigenvalue weighted by atomic mass is 35.5. The summed E-state index contributed by atoms with van der Waals surface area (Å²) >= 11 is 11.5. The van der Waals surface area contributed by atoms with E-state index in [1.165, 1.54) is 0 Å². The molecule has 1 amide bonds. The molecule has 0 saturated heterocycles. The Hall–Kier alpha value is -1.46. The zero-order valence-corrected chi connectivity index (χ0v) is 13.7. The summed E-state index contributed by atoms with van der Waals surface area (Å²) in [5, 5.41) is 9.53. The largest absolute Gasteiger partial charge is 0.481 e. The summed E-state index contributed by atoms with van der Waals surface area (Å²) in [6.07, 6.45) is -0.204. The molecule has 7 heteroatoms.